The lowest BCUT2D eigenvalue weighted by molar-refractivity contribution is -0.111. The second-order valence-corrected chi connectivity index (χ2v) is 9.94. The fourth-order valence-corrected chi connectivity index (χ4v) is 4.90. The van der Waals surface area contributed by atoms with Gasteiger partial charge < -0.3 is 29.6 Å². The first-order valence-corrected chi connectivity index (χ1v) is 13.5. The molecular formula is C31H35N7O3. The quantitative estimate of drug-likeness (QED) is 0.222. The van der Waals surface area contributed by atoms with E-state index in [1.807, 2.05) is 25.2 Å². The summed E-state index contributed by atoms with van der Waals surface area (Å²) in [4.78, 5) is 26.3. The number of benzene rings is 2. The molecule has 1 fully saturated rings. The van der Waals surface area contributed by atoms with Gasteiger partial charge in [-0.1, -0.05) is 24.8 Å². The summed E-state index contributed by atoms with van der Waals surface area (Å²) < 4.78 is 13.9. The van der Waals surface area contributed by atoms with Crippen LogP contribution in [0.5, 0.6) is 11.5 Å². The number of carbonyl (C=O) groups is 1. The van der Waals surface area contributed by atoms with Crippen molar-refractivity contribution < 1.29 is 14.3 Å². The van der Waals surface area contributed by atoms with Gasteiger partial charge >= 0.3 is 0 Å². The number of rotatable bonds is 10. The van der Waals surface area contributed by atoms with Crippen LogP contribution in [0.4, 0.5) is 17.3 Å². The van der Waals surface area contributed by atoms with Crippen molar-refractivity contribution in [3.8, 4) is 22.8 Å². The lowest BCUT2D eigenvalue weighted by Gasteiger charge is -2.32. The Balaban J connectivity index is 1.40. The zero-order valence-electron chi connectivity index (χ0n) is 23.7. The monoisotopic (exact) mass is 553 g/mol. The third-order valence-corrected chi connectivity index (χ3v) is 7.13. The summed E-state index contributed by atoms with van der Waals surface area (Å²) in [5.74, 6) is 1.05. The topological polar surface area (TPSA) is 96.8 Å². The number of methoxy groups -OCH3 is 1. The maximum Gasteiger partial charge on any atom is 0.256 e. The van der Waals surface area contributed by atoms with E-state index in [-0.39, 0.29) is 5.91 Å². The van der Waals surface area contributed by atoms with Gasteiger partial charge in [0.1, 0.15) is 18.1 Å². The number of hydrogen-bond acceptors (Lipinski definition) is 8. The number of carbonyl (C=O) groups excluding carboxylic acids is 1. The number of anilines is 3. The van der Waals surface area contributed by atoms with Gasteiger partial charge in [-0.2, -0.15) is 0 Å². The van der Waals surface area contributed by atoms with Crippen LogP contribution in [-0.4, -0.2) is 83.7 Å². The number of amides is 1. The third kappa shape index (κ3) is 6.58. The SMILES string of the molecule is C=C=CC(=O)Nc1cc(Nc2nccc(-c3cn(C)c4ccccc34)n2)c(OC)cc1OCCN1CCN(C)CC1. The zero-order chi connectivity index (χ0) is 28.8. The van der Waals surface area contributed by atoms with E-state index in [9.17, 15) is 4.79 Å². The molecule has 41 heavy (non-hydrogen) atoms. The van der Waals surface area contributed by atoms with Crippen molar-refractivity contribution in [1.29, 1.82) is 0 Å². The third-order valence-electron chi connectivity index (χ3n) is 7.13. The highest BCUT2D eigenvalue weighted by Gasteiger charge is 2.18. The van der Waals surface area contributed by atoms with E-state index in [0.717, 1.165) is 54.9 Å². The summed E-state index contributed by atoms with van der Waals surface area (Å²) in [5, 5.41) is 7.23. The molecule has 1 aliphatic rings. The smallest absolute Gasteiger partial charge is 0.256 e. The van der Waals surface area contributed by atoms with Crippen molar-refractivity contribution in [2.45, 2.75) is 0 Å². The molecular weight excluding hydrogens is 518 g/mol. The second-order valence-electron chi connectivity index (χ2n) is 9.94. The summed E-state index contributed by atoms with van der Waals surface area (Å²) in [6.45, 7) is 8.81. The number of nitrogens with one attached hydrogen (secondary N) is 2. The molecule has 2 aromatic heterocycles. The number of nitrogens with zero attached hydrogens (tertiary/aromatic N) is 5. The molecule has 212 valence electrons. The average Bonchev–Trinajstić information content (AvgIpc) is 3.32. The highest BCUT2D eigenvalue weighted by Crippen LogP contribution is 2.38. The van der Waals surface area contributed by atoms with Crippen molar-refractivity contribution in [1.82, 2.24) is 24.3 Å². The lowest BCUT2D eigenvalue weighted by atomic mass is 10.1. The maximum absolute atomic E-state index is 12.4. The summed E-state index contributed by atoms with van der Waals surface area (Å²) in [6, 6.07) is 13.6. The molecule has 5 rings (SSSR count). The van der Waals surface area contributed by atoms with Crippen molar-refractivity contribution in [2.75, 3.05) is 64.1 Å². The molecule has 0 bridgehead atoms. The molecule has 0 aliphatic carbocycles. The van der Waals surface area contributed by atoms with Gasteiger partial charge in [-0.25, -0.2) is 9.97 Å². The minimum atomic E-state index is -0.366. The first kappa shape index (κ1) is 27.9. The van der Waals surface area contributed by atoms with Crippen LogP contribution in [0.2, 0.25) is 0 Å². The molecule has 0 unspecified atom stereocenters. The molecule has 1 aliphatic heterocycles. The molecule has 1 amide bonds. The normalized spacial score (nSPS) is 13.9. The summed E-state index contributed by atoms with van der Waals surface area (Å²) >= 11 is 0. The molecule has 0 spiro atoms. The predicted octanol–water partition coefficient (Wildman–Crippen LogP) is 4.29. The Morgan fingerprint density at radius 3 is 2.68 bits per heavy atom. The largest absolute Gasteiger partial charge is 0.494 e. The van der Waals surface area contributed by atoms with Crippen molar-refractivity contribution in [3.63, 3.8) is 0 Å². The number of likely N-dealkylation sites (N-methyl/N-ethyl adjacent to an activating group) is 1. The summed E-state index contributed by atoms with van der Waals surface area (Å²) in [7, 11) is 5.73. The molecule has 10 heteroatoms. The Morgan fingerprint density at radius 1 is 1.10 bits per heavy atom. The Morgan fingerprint density at radius 2 is 1.90 bits per heavy atom. The minimum Gasteiger partial charge on any atom is -0.494 e. The van der Waals surface area contributed by atoms with Gasteiger partial charge in [0.15, 0.2) is 0 Å². The maximum atomic E-state index is 12.4. The highest BCUT2D eigenvalue weighted by molar-refractivity contribution is 6.01. The summed E-state index contributed by atoms with van der Waals surface area (Å²) in [5.41, 5.74) is 6.48. The van der Waals surface area contributed by atoms with Crippen LogP contribution >= 0.6 is 0 Å². The molecule has 2 aromatic carbocycles. The fraction of sp³-hybridized carbons (Fsp3) is 0.290. The van der Waals surface area contributed by atoms with Crippen molar-refractivity contribution in [3.05, 3.63) is 73.2 Å². The van der Waals surface area contributed by atoms with Crippen LogP contribution in [0.3, 0.4) is 0 Å². The van der Waals surface area contributed by atoms with Crippen LogP contribution in [0.15, 0.2) is 73.2 Å². The Bertz CT molecular complexity index is 1580. The van der Waals surface area contributed by atoms with Crippen molar-refractivity contribution in [2.24, 2.45) is 7.05 Å². The second kappa shape index (κ2) is 12.7. The first-order valence-electron chi connectivity index (χ1n) is 13.5. The van der Waals surface area contributed by atoms with E-state index in [1.165, 1.54) is 6.08 Å². The highest BCUT2D eigenvalue weighted by atomic mass is 16.5. The van der Waals surface area contributed by atoms with E-state index in [4.69, 9.17) is 14.5 Å². The van der Waals surface area contributed by atoms with E-state index in [1.54, 1.807) is 25.4 Å². The van der Waals surface area contributed by atoms with E-state index >= 15 is 0 Å². The number of aryl methyl sites for hydroxylation is 1. The number of piperazine rings is 1. The summed E-state index contributed by atoms with van der Waals surface area (Å²) in [6.07, 6.45) is 5.01. The number of hydrogen-bond donors (Lipinski definition) is 2. The molecule has 3 heterocycles. The molecule has 1 saturated heterocycles. The molecule has 0 atom stereocenters. The van der Waals surface area contributed by atoms with Crippen LogP contribution in [0.1, 0.15) is 0 Å². The van der Waals surface area contributed by atoms with Crippen LogP contribution < -0.4 is 20.1 Å². The van der Waals surface area contributed by atoms with Crippen LogP contribution in [-0.2, 0) is 11.8 Å². The number of ether oxygens (including phenoxy) is 2. The number of fused-ring (bicyclic) bond motifs is 1. The fourth-order valence-electron chi connectivity index (χ4n) is 4.90. The Hall–Kier alpha value is -4.63. The lowest BCUT2D eigenvalue weighted by Crippen LogP contribution is -2.45. The minimum absolute atomic E-state index is 0.366. The number of para-hydroxylation sites is 1. The molecule has 0 radical (unpaired) electrons. The Labute approximate surface area is 239 Å². The molecule has 0 saturated carbocycles. The van der Waals surface area contributed by atoms with E-state index in [2.05, 4.69) is 67.7 Å². The van der Waals surface area contributed by atoms with E-state index < -0.39 is 0 Å². The standard InChI is InChI=1S/C31H35N7O3/c1-5-8-30(39)33-26-19-25(28(40-4)20-29(26)41-18-17-38-15-13-36(2)14-16-38)35-31-32-12-11-24(34-31)23-21-37(3)27-10-7-6-9-22(23)27/h6-12,19-21H,1,13-18H2,2-4H3,(H,33,39)(H,32,34,35). The molecule has 2 N–H and O–H groups in total. The molecule has 4 aromatic rings. The van der Waals surface area contributed by atoms with Gasteiger partial charge in [0.05, 0.1) is 24.2 Å². The zero-order valence-corrected chi connectivity index (χ0v) is 23.7. The predicted molar refractivity (Wildman–Crippen MR) is 162 cm³/mol. The van der Waals surface area contributed by atoms with Gasteiger partial charge in [0.25, 0.3) is 5.91 Å². The van der Waals surface area contributed by atoms with Crippen molar-refractivity contribution >= 4 is 34.1 Å². The first-order chi connectivity index (χ1) is 19.9. The van der Waals surface area contributed by atoms with Gasteiger partial charge in [0.2, 0.25) is 5.95 Å². The van der Waals surface area contributed by atoms with Crippen LogP contribution in [0, 0.1) is 0 Å². The Kier molecular flexibility index (Phi) is 8.64. The van der Waals surface area contributed by atoms with Gasteiger partial charge in [-0.3, -0.25) is 9.69 Å². The molecule has 10 nitrogen and oxygen atoms in total. The average molecular weight is 554 g/mol. The van der Waals surface area contributed by atoms with Gasteiger partial charge in [-0.15, -0.1) is 5.73 Å². The van der Waals surface area contributed by atoms with E-state index in [0.29, 0.717) is 35.4 Å². The van der Waals surface area contributed by atoms with Crippen LogP contribution in [0.25, 0.3) is 22.2 Å². The van der Waals surface area contributed by atoms with Gasteiger partial charge in [0, 0.05) is 80.8 Å². The van der Waals surface area contributed by atoms with Gasteiger partial charge in [-0.05, 0) is 25.2 Å². The number of aromatic nitrogens is 3.